The third-order valence-corrected chi connectivity index (χ3v) is 5.65. The fourth-order valence-corrected chi connectivity index (χ4v) is 4.09. The third kappa shape index (κ3) is 4.18. The first-order valence-corrected chi connectivity index (χ1v) is 10.7. The van der Waals surface area contributed by atoms with Crippen molar-refractivity contribution in [1.29, 1.82) is 0 Å². The number of fused-ring (bicyclic) bond motifs is 1. The standard InChI is InChI=1S/C23H24N4O5/c1-2-32-20-13-15(12-19(21(20)28)27(30)31)14-24-26-22(16-8-4-3-5-9-16)25-18-11-7-6-10-17(18)23(26)29/h6-7,10-14,16,28H,2-5,8-9H2,1H3. The van der Waals surface area contributed by atoms with Crippen LogP contribution >= 0.6 is 0 Å². The molecule has 0 spiro atoms. The van der Waals surface area contributed by atoms with Crippen molar-refractivity contribution in [1.82, 2.24) is 9.66 Å². The molecule has 0 atom stereocenters. The van der Waals surface area contributed by atoms with Crippen molar-refractivity contribution in [2.45, 2.75) is 44.9 Å². The highest BCUT2D eigenvalue weighted by molar-refractivity contribution is 5.83. The zero-order valence-electron chi connectivity index (χ0n) is 17.7. The minimum atomic E-state index is -0.688. The van der Waals surface area contributed by atoms with Gasteiger partial charge in [0.2, 0.25) is 5.75 Å². The molecular formula is C23H24N4O5. The van der Waals surface area contributed by atoms with E-state index in [0.29, 0.717) is 22.3 Å². The first-order valence-electron chi connectivity index (χ1n) is 10.7. The number of para-hydroxylation sites is 1. The average molecular weight is 436 g/mol. The van der Waals surface area contributed by atoms with Crippen LogP contribution in [-0.4, -0.2) is 32.5 Å². The highest BCUT2D eigenvalue weighted by Crippen LogP contribution is 2.37. The summed E-state index contributed by atoms with van der Waals surface area (Å²) < 4.78 is 6.63. The van der Waals surface area contributed by atoms with E-state index in [0.717, 1.165) is 32.1 Å². The lowest BCUT2D eigenvalue weighted by Gasteiger charge is -2.22. The molecule has 1 aliphatic carbocycles. The number of rotatable bonds is 6. The van der Waals surface area contributed by atoms with Crippen LogP contribution in [0.3, 0.4) is 0 Å². The van der Waals surface area contributed by atoms with Gasteiger partial charge in [-0.15, -0.1) is 0 Å². The smallest absolute Gasteiger partial charge is 0.315 e. The number of nitro groups is 1. The van der Waals surface area contributed by atoms with Gasteiger partial charge in [0.15, 0.2) is 5.75 Å². The number of phenolic OH excluding ortho intramolecular Hbond substituents is 1. The van der Waals surface area contributed by atoms with Crippen LogP contribution < -0.4 is 10.3 Å². The monoisotopic (exact) mass is 436 g/mol. The second-order valence-corrected chi connectivity index (χ2v) is 7.76. The van der Waals surface area contributed by atoms with Crippen molar-refractivity contribution in [2.75, 3.05) is 6.61 Å². The Morgan fingerprint density at radius 2 is 2.03 bits per heavy atom. The van der Waals surface area contributed by atoms with E-state index in [4.69, 9.17) is 9.72 Å². The average Bonchev–Trinajstić information content (AvgIpc) is 2.80. The summed E-state index contributed by atoms with van der Waals surface area (Å²) in [5.74, 6) is 0.162. The number of nitrogens with zero attached hydrogens (tertiary/aromatic N) is 4. The van der Waals surface area contributed by atoms with Gasteiger partial charge >= 0.3 is 5.69 Å². The zero-order valence-corrected chi connectivity index (χ0v) is 17.7. The van der Waals surface area contributed by atoms with Gasteiger partial charge in [-0.1, -0.05) is 31.4 Å². The van der Waals surface area contributed by atoms with Crippen molar-refractivity contribution in [2.24, 2.45) is 5.10 Å². The summed E-state index contributed by atoms with van der Waals surface area (Å²) in [7, 11) is 0. The molecule has 3 aromatic rings. The Labute approximate surface area is 184 Å². The molecule has 9 heteroatoms. The molecule has 0 bridgehead atoms. The van der Waals surface area contributed by atoms with Crippen molar-refractivity contribution in [3.05, 3.63) is 68.3 Å². The molecule has 0 saturated heterocycles. The Hall–Kier alpha value is -3.75. The second-order valence-electron chi connectivity index (χ2n) is 7.76. The van der Waals surface area contributed by atoms with Gasteiger partial charge < -0.3 is 9.84 Å². The SMILES string of the molecule is CCOc1cc(C=Nn2c(C3CCCCC3)nc3ccccc3c2=O)cc([N+](=O)[O-])c1O. The lowest BCUT2D eigenvalue weighted by atomic mass is 9.88. The highest BCUT2D eigenvalue weighted by Gasteiger charge is 2.23. The quantitative estimate of drug-likeness (QED) is 0.349. The number of phenols is 1. The van der Waals surface area contributed by atoms with E-state index in [1.54, 1.807) is 19.1 Å². The van der Waals surface area contributed by atoms with Crippen LogP contribution in [-0.2, 0) is 0 Å². The van der Waals surface area contributed by atoms with Gasteiger partial charge in [0.25, 0.3) is 5.56 Å². The predicted octanol–water partition coefficient (Wildman–Crippen LogP) is 4.34. The topological polar surface area (TPSA) is 120 Å². The van der Waals surface area contributed by atoms with E-state index in [9.17, 15) is 20.0 Å². The van der Waals surface area contributed by atoms with Crippen LogP contribution in [0.25, 0.3) is 10.9 Å². The first-order chi connectivity index (χ1) is 15.5. The maximum absolute atomic E-state index is 13.2. The fraction of sp³-hybridized carbons (Fsp3) is 0.348. The number of ether oxygens (including phenoxy) is 1. The molecule has 1 fully saturated rings. The first kappa shape index (κ1) is 21.5. The zero-order chi connectivity index (χ0) is 22.7. The van der Waals surface area contributed by atoms with Gasteiger partial charge in [0.05, 0.1) is 28.6 Å². The van der Waals surface area contributed by atoms with Crippen molar-refractivity contribution in [3.63, 3.8) is 0 Å². The molecule has 1 saturated carbocycles. The molecule has 0 radical (unpaired) electrons. The highest BCUT2D eigenvalue weighted by atomic mass is 16.6. The van der Waals surface area contributed by atoms with Gasteiger partial charge in [-0.2, -0.15) is 9.78 Å². The van der Waals surface area contributed by atoms with E-state index in [1.807, 2.05) is 12.1 Å². The summed E-state index contributed by atoms with van der Waals surface area (Å²) >= 11 is 0. The number of hydrogen-bond acceptors (Lipinski definition) is 7. The van der Waals surface area contributed by atoms with Crippen LogP contribution in [0.1, 0.15) is 56.3 Å². The van der Waals surface area contributed by atoms with Gasteiger partial charge in [0, 0.05) is 17.5 Å². The molecule has 0 amide bonds. The Morgan fingerprint density at radius 3 is 2.75 bits per heavy atom. The number of aromatic hydroxyl groups is 1. The molecule has 1 heterocycles. The fourth-order valence-electron chi connectivity index (χ4n) is 4.09. The summed E-state index contributed by atoms with van der Waals surface area (Å²) in [6.45, 7) is 1.94. The maximum atomic E-state index is 13.2. The molecule has 0 aliphatic heterocycles. The molecule has 0 unspecified atom stereocenters. The van der Waals surface area contributed by atoms with Crippen LogP contribution in [0.2, 0.25) is 0 Å². The number of nitro benzene ring substituents is 1. The van der Waals surface area contributed by atoms with Crippen LogP contribution in [0.4, 0.5) is 5.69 Å². The summed E-state index contributed by atoms with van der Waals surface area (Å²) in [4.78, 5) is 28.7. The minimum absolute atomic E-state index is 0.0142. The molecule has 1 aliphatic rings. The van der Waals surface area contributed by atoms with E-state index >= 15 is 0 Å². The van der Waals surface area contributed by atoms with Gasteiger partial charge in [0.1, 0.15) is 5.82 Å². The summed E-state index contributed by atoms with van der Waals surface area (Å²) in [6, 6.07) is 9.79. The van der Waals surface area contributed by atoms with Crippen LogP contribution in [0, 0.1) is 10.1 Å². The third-order valence-electron chi connectivity index (χ3n) is 5.65. The van der Waals surface area contributed by atoms with E-state index < -0.39 is 16.4 Å². The molecule has 9 nitrogen and oxygen atoms in total. The lowest BCUT2D eigenvalue weighted by Crippen LogP contribution is -2.25. The van der Waals surface area contributed by atoms with Crippen molar-refractivity contribution >= 4 is 22.8 Å². The van der Waals surface area contributed by atoms with Crippen molar-refractivity contribution in [3.8, 4) is 11.5 Å². The van der Waals surface area contributed by atoms with Gasteiger partial charge in [-0.05, 0) is 38.0 Å². The number of benzene rings is 2. The van der Waals surface area contributed by atoms with E-state index in [2.05, 4.69) is 5.10 Å². The number of hydrogen-bond donors (Lipinski definition) is 1. The predicted molar refractivity (Wildman–Crippen MR) is 121 cm³/mol. The van der Waals surface area contributed by atoms with Crippen LogP contribution in [0.15, 0.2) is 46.3 Å². The molecule has 166 valence electrons. The Kier molecular flexibility index (Phi) is 6.16. The van der Waals surface area contributed by atoms with Crippen molar-refractivity contribution < 1.29 is 14.8 Å². The molecule has 2 aromatic carbocycles. The van der Waals surface area contributed by atoms with Gasteiger partial charge in [-0.3, -0.25) is 14.9 Å². The summed E-state index contributed by atoms with van der Waals surface area (Å²) in [6.07, 6.45) is 6.52. The van der Waals surface area contributed by atoms with Gasteiger partial charge in [-0.25, -0.2) is 4.98 Å². The summed E-state index contributed by atoms with van der Waals surface area (Å²) in [5, 5.41) is 26.3. The Morgan fingerprint density at radius 1 is 1.28 bits per heavy atom. The minimum Gasteiger partial charge on any atom is -0.500 e. The lowest BCUT2D eigenvalue weighted by molar-refractivity contribution is -0.386. The molecule has 32 heavy (non-hydrogen) atoms. The number of aromatic nitrogens is 2. The van der Waals surface area contributed by atoms with E-state index in [-0.39, 0.29) is 23.8 Å². The molecule has 4 rings (SSSR count). The Bertz CT molecular complexity index is 1250. The summed E-state index contributed by atoms with van der Waals surface area (Å²) in [5.41, 5.74) is 0.177. The Balaban J connectivity index is 1.84. The molecule has 1 aromatic heterocycles. The maximum Gasteiger partial charge on any atom is 0.315 e. The normalized spacial score (nSPS) is 14.8. The van der Waals surface area contributed by atoms with E-state index in [1.165, 1.54) is 23.0 Å². The largest absolute Gasteiger partial charge is 0.500 e. The molecule has 1 N–H and O–H groups in total. The van der Waals surface area contributed by atoms with Crippen LogP contribution in [0.5, 0.6) is 11.5 Å². The second kappa shape index (κ2) is 9.17. The molecular weight excluding hydrogens is 412 g/mol.